The molecule has 23 heavy (non-hydrogen) atoms. The molecule has 0 unspecified atom stereocenters. The maximum absolute atomic E-state index is 11.1. The van der Waals surface area contributed by atoms with Crippen LogP contribution in [0.5, 0.6) is 5.75 Å². The number of ether oxygens (including phenoxy) is 2. The zero-order valence-electron chi connectivity index (χ0n) is 12.9. The predicted octanol–water partition coefficient (Wildman–Crippen LogP) is 1.30. The minimum atomic E-state index is -0.872. The number of amides is 1. The van der Waals surface area contributed by atoms with Gasteiger partial charge in [0.15, 0.2) is 0 Å². The van der Waals surface area contributed by atoms with E-state index in [9.17, 15) is 4.79 Å². The highest BCUT2D eigenvalue weighted by Crippen LogP contribution is 2.30. The molecule has 0 aliphatic carbocycles. The highest BCUT2D eigenvalue weighted by molar-refractivity contribution is 5.65. The third-order valence-electron chi connectivity index (χ3n) is 4.48. The molecule has 0 aromatic heterocycles. The van der Waals surface area contributed by atoms with Crippen molar-refractivity contribution in [3.05, 3.63) is 29.3 Å². The van der Waals surface area contributed by atoms with E-state index in [1.165, 1.54) is 4.90 Å². The van der Waals surface area contributed by atoms with E-state index >= 15 is 0 Å². The van der Waals surface area contributed by atoms with Gasteiger partial charge in [0, 0.05) is 26.2 Å². The summed E-state index contributed by atoms with van der Waals surface area (Å²) in [5, 5.41) is 18.1. The maximum atomic E-state index is 11.1. The molecule has 0 spiro atoms. The Hall–Kier alpha value is -2.30. The second-order valence-corrected chi connectivity index (χ2v) is 5.77. The summed E-state index contributed by atoms with van der Waals surface area (Å²) in [6.07, 6.45) is -0.965. The van der Waals surface area contributed by atoms with E-state index in [0.29, 0.717) is 44.1 Å². The van der Waals surface area contributed by atoms with Crippen molar-refractivity contribution < 1.29 is 19.4 Å². The zero-order valence-corrected chi connectivity index (χ0v) is 12.9. The van der Waals surface area contributed by atoms with Crippen LogP contribution in [0, 0.1) is 11.3 Å². The largest absolute Gasteiger partial charge is 0.495 e. The van der Waals surface area contributed by atoms with Gasteiger partial charge in [-0.3, -0.25) is 4.90 Å². The van der Waals surface area contributed by atoms with Gasteiger partial charge in [0.2, 0.25) is 0 Å². The summed E-state index contributed by atoms with van der Waals surface area (Å²) < 4.78 is 11.2. The van der Waals surface area contributed by atoms with Crippen molar-refractivity contribution in [3.8, 4) is 11.8 Å². The van der Waals surface area contributed by atoms with Gasteiger partial charge in [-0.15, -0.1) is 0 Å². The molecular weight excluding hydrogens is 298 g/mol. The quantitative estimate of drug-likeness (QED) is 0.885. The summed E-state index contributed by atoms with van der Waals surface area (Å²) in [5.74, 6) is 0.548. The molecule has 2 atom stereocenters. The fourth-order valence-corrected chi connectivity index (χ4v) is 3.16. The lowest BCUT2D eigenvalue weighted by Crippen LogP contribution is -2.59. The highest BCUT2D eigenvalue weighted by atomic mass is 16.5. The van der Waals surface area contributed by atoms with Gasteiger partial charge in [-0.2, -0.15) is 5.26 Å². The van der Waals surface area contributed by atoms with Crippen LogP contribution in [0.15, 0.2) is 18.2 Å². The fourth-order valence-electron chi connectivity index (χ4n) is 3.16. The zero-order chi connectivity index (χ0) is 16.4. The Bertz CT molecular complexity index is 643. The van der Waals surface area contributed by atoms with E-state index in [1.807, 2.05) is 12.1 Å². The standard InChI is InChI=1S/C16H19N3O4/c1-22-14-6-11(2-3-12(14)7-17)15-9-18-4-5-19(16(20)21)8-13(18)10-23-15/h2-3,6,13,15H,4-5,8-10H2,1H3,(H,20,21)/t13-,15+/m1/s1. The maximum Gasteiger partial charge on any atom is 0.407 e. The topological polar surface area (TPSA) is 86.0 Å². The summed E-state index contributed by atoms with van der Waals surface area (Å²) in [7, 11) is 1.54. The smallest absolute Gasteiger partial charge is 0.407 e. The summed E-state index contributed by atoms with van der Waals surface area (Å²) in [4.78, 5) is 14.8. The fraction of sp³-hybridized carbons (Fsp3) is 0.500. The molecule has 2 aliphatic rings. The molecule has 2 heterocycles. The third-order valence-corrected chi connectivity index (χ3v) is 4.48. The first-order chi connectivity index (χ1) is 11.1. The first kappa shape index (κ1) is 15.6. The van der Waals surface area contributed by atoms with Crippen LogP contribution in [0.2, 0.25) is 0 Å². The van der Waals surface area contributed by atoms with Crippen molar-refractivity contribution in [2.24, 2.45) is 0 Å². The van der Waals surface area contributed by atoms with Crippen LogP contribution in [-0.2, 0) is 4.74 Å². The molecule has 3 rings (SSSR count). The Kier molecular flexibility index (Phi) is 4.37. The second-order valence-electron chi connectivity index (χ2n) is 5.77. The lowest BCUT2D eigenvalue weighted by atomic mass is 10.0. The van der Waals surface area contributed by atoms with Crippen LogP contribution in [0.25, 0.3) is 0 Å². The number of fused-ring (bicyclic) bond motifs is 1. The van der Waals surface area contributed by atoms with Gasteiger partial charge < -0.3 is 19.5 Å². The van der Waals surface area contributed by atoms with Gasteiger partial charge in [0.25, 0.3) is 0 Å². The molecule has 7 nitrogen and oxygen atoms in total. The normalized spacial score (nSPS) is 24.6. The highest BCUT2D eigenvalue weighted by Gasteiger charge is 2.35. The molecule has 0 radical (unpaired) electrons. The lowest BCUT2D eigenvalue weighted by Gasteiger charge is -2.45. The van der Waals surface area contributed by atoms with E-state index in [4.69, 9.17) is 19.8 Å². The van der Waals surface area contributed by atoms with Gasteiger partial charge in [-0.05, 0) is 17.7 Å². The summed E-state index contributed by atoms with van der Waals surface area (Å²) >= 11 is 0. The number of benzene rings is 1. The van der Waals surface area contributed by atoms with Gasteiger partial charge in [0.1, 0.15) is 11.8 Å². The van der Waals surface area contributed by atoms with Crippen LogP contribution in [0.4, 0.5) is 4.79 Å². The van der Waals surface area contributed by atoms with Crippen molar-refractivity contribution in [1.29, 1.82) is 5.26 Å². The molecule has 2 saturated heterocycles. The molecule has 7 heteroatoms. The molecule has 2 fully saturated rings. The van der Waals surface area contributed by atoms with E-state index in [1.54, 1.807) is 13.2 Å². The molecule has 1 aromatic carbocycles. The van der Waals surface area contributed by atoms with Crippen molar-refractivity contribution in [3.63, 3.8) is 0 Å². The minimum absolute atomic E-state index is 0.0933. The number of hydrogen-bond donors (Lipinski definition) is 1. The van der Waals surface area contributed by atoms with Crippen molar-refractivity contribution >= 4 is 6.09 Å². The van der Waals surface area contributed by atoms with Crippen LogP contribution in [0.1, 0.15) is 17.2 Å². The predicted molar refractivity (Wildman–Crippen MR) is 81.4 cm³/mol. The molecule has 2 aliphatic heterocycles. The number of morpholine rings is 1. The van der Waals surface area contributed by atoms with E-state index in [-0.39, 0.29) is 12.1 Å². The van der Waals surface area contributed by atoms with Crippen molar-refractivity contribution in [2.75, 3.05) is 39.9 Å². The lowest BCUT2D eigenvalue weighted by molar-refractivity contribution is -0.0867. The number of rotatable bonds is 2. The SMILES string of the molecule is COc1cc([C@@H]2CN3CCN(C(=O)O)C[C@@H]3CO2)ccc1C#N. The monoisotopic (exact) mass is 317 g/mol. The van der Waals surface area contributed by atoms with E-state index < -0.39 is 6.09 Å². The van der Waals surface area contributed by atoms with E-state index in [0.717, 1.165) is 5.56 Å². The third kappa shape index (κ3) is 3.09. The Morgan fingerprint density at radius 1 is 1.43 bits per heavy atom. The van der Waals surface area contributed by atoms with E-state index in [2.05, 4.69) is 11.0 Å². The summed E-state index contributed by atoms with van der Waals surface area (Å²) in [6.45, 7) is 2.93. The molecule has 0 bridgehead atoms. The first-order valence-corrected chi connectivity index (χ1v) is 7.54. The number of hydrogen-bond acceptors (Lipinski definition) is 5. The Labute approximate surface area is 134 Å². The van der Waals surface area contributed by atoms with Gasteiger partial charge in [0.05, 0.1) is 31.4 Å². The van der Waals surface area contributed by atoms with Gasteiger partial charge in [-0.25, -0.2) is 4.79 Å². The van der Waals surface area contributed by atoms with Gasteiger partial charge >= 0.3 is 6.09 Å². The van der Waals surface area contributed by atoms with Gasteiger partial charge in [-0.1, -0.05) is 6.07 Å². The minimum Gasteiger partial charge on any atom is -0.495 e. The average Bonchev–Trinajstić information content (AvgIpc) is 2.60. The molecule has 1 aromatic rings. The van der Waals surface area contributed by atoms with Crippen LogP contribution in [0.3, 0.4) is 0 Å². The molecule has 1 N–H and O–H groups in total. The average molecular weight is 317 g/mol. The molecular formula is C16H19N3O4. The van der Waals surface area contributed by atoms with Crippen molar-refractivity contribution in [2.45, 2.75) is 12.1 Å². The molecule has 0 saturated carbocycles. The Morgan fingerprint density at radius 2 is 2.26 bits per heavy atom. The van der Waals surface area contributed by atoms with Crippen LogP contribution < -0.4 is 4.74 Å². The molecule has 122 valence electrons. The number of nitrogens with zero attached hydrogens (tertiary/aromatic N) is 3. The van der Waals surface area contributed by atoms with Crippen LogP contribution >= 0.6 is 0 Å². The number of methoxy groups -OCH3 is 1. The van der Waals surface area contributed by atoms with Crippen LogP contribution in [-0.4, -0.2) is 66.9 Å². The summed E-state index contributed by atoms with van der Waals surface area (Å²) in [5.41, 5.74) is 1.47. The molecule has 1 amide bonds. The second kappa shape index (κ2) is 6.44. The Balaban J connectivity index is 1.71. The number of piperazine rings is 1. The number of carboxylic acid groups (broad SMARTS) is 1. The number of nitriles is 1. The first-order valence-electron chi connectivity index (χ1n) is 7.54. The number of carbonyl (C=O) groups is 1. The van der Waals surface area contributed by atoms with Crippen molar-refractivity contribution in [1.82, 2.24) is 9.80 Å². The summed E-state index contributed by atoms with van der Waals surface area (Å²) in [6, 6.07) is 7.68. The Morgan fingerprint density at radius 3 is 2.96 bits per heavy atom.